The molecule has 0 unspecified atom stereocenters. The fraction of sp³-hybridized carbons (Fsp3) is 0.154. The molecule has 3 amide bonds. The van der Waals surface area contributed by atoms with Gasteiger partial charge in [0.1, 0.15) is 6.54 Å². The van der Waals surface area contributed by atoms with Crippen molar-refractivity contribution < 1.29 is 14.1 Å². The van der Waals surface area contributed by atoms with Crippen LogP contribution in [0, 0.1) is 6.92 Å². The lowest BCUT2D eigenvalue weighted by atomic mass is 9.83. The van der Waals surface area contributed by atoms with Crippen LogP contribution in [0.3, 0.4) is 0 Å². The Morgan fingerprint density at radius 2 is 1.58 bits per heavy atom. The van der Waals surface area contributed by atoms with Crippen LogP contribution in [-0.4, -0.2) is 27.0 Å². The predicted molar refractivity (Wildman–Crippen MR) is 122 cm³/mol. The number of aromatic nitrogens is 2. The van der Waals surface area contributed by atoms with Gasteiger partial charge in [0.15, 0.2) is 5.54 Å². The van der Waals surface area contributed by atoms with Crippen LogP contribution < -0.4 is 5.32 Å². The van der Waals surface area contributed by atoms with Gasteiger partial charge in [-0.05, 0) is 18.1 Å². The molecule has 0 radical (unpaired) electrons. The van der Waals surface area contributed by atoms with Gasteiger partial charge in [0.2, 0.25) is 11.7 Å². The van der Waals surface area contributed by atoms with Crippen molar-refractivity contribution in [3.63, 3.8) is 0 Å². The maximum absolute atomic E-state index is 13.7. The molecule has 1 aliphatic rings. The van der Waals surface area contributed by atoms with Crippen molar-refractivity contribution in [1.29, 1.82) is 0 Å². The molecule has 5 rings (SSSR count). The zero-order chi connectivity index (χ0) is 22.8. The lowest BCUT2D eigenvalue weighted by Crippen LogP contribution is -2.46. The highest BCUT2D eigenvalue weighted by molar-refractivity contribution is 6.07. The second-order valence-electron chi connectivity index (χ2n) is 8.13. The number of nitrogens with one attached hydrogen (secondary N) is 1. The lowest BCUT2D eigenvalue weighted by molar-refractivity contribution is -0.132. The predicted octanol–water partition coefficient (Wildman–Crippen LogP) is 4.24. The molecule has 0 saturated carbocycles. The van der Waals surface area contributed by atoms with Crippen molar-refractivity contribution in [3.05, 3.63) is 108 Å². The normalized spacial score (nSPS) is 17.9. The lowest BCUT2D eigenvalue weighted by Gasteiger charge is -2.27. The van der Waals surface area contributed by atoms with E-state index in [0.717, 1.165) is 27.2 Å². The molecular formula is C26H22N4O3. The average Bonchev–Trinajstić information content (AvgIpc) is 3.40. The molecule has 4 aromatic rings. The second kappa shape index (κ2) is 8.35. The van der Waals surface area contributed by atoms with Crippen LogP contribution in [0.4, 0.5) is 4.79 Å². The van der Waals surface area contributed by atoms with Crippen molar-refractivity contribution >= 4 is 11.9 Å². The molecule has 1 N–H and O–H groups in total. The summed E-state index contributed by atoms with van der Waals surface area (Å²) in [5, 5.41) is 6.96. The molecule has 7 heteroatoms. The van der Waals surface area contributed by atoms with Crippen LogP contribution in [0.5, 0.6) is 0 Å². The topological polar surface area (TPSA) is 88.3 Å². The molecule has 33 heavy (non-hydrogen) atoms. The Hall–Kier alpha value is -4.26. The van der Waals surface area contributed by atoms with Gasteiger partial charge in [0.05, 0.1) is 0 Å². The molecule has 164 valence electrons. The van der Waals surface area contributed by atoms with Crippen LogP contribution in [0.2, 0.25) is 0 Å². The fourth-order valence-corrected chi connectivity index (χ4v) is 4.09. The third kappa shape index (κ3) is 3.89. The first-order valence-corrected chi connectivity index (χ1v) is 10.7. The quantitative estimate of drug-likeness (QED) is 0.455. The summed E-state index contributed by atoms with van der Waals surface area (Å²) in [6, 6.07) is 26.2. The highest BCUT2D eigenvalue weighted by Gasteiger charge is 2.52. The van der Waals surface area contributed by atoms with Crippen molar-refractivity contribution in [1.82, 2.24) is 20.4 Å². The number of carbonyl (C=O) groups is 2. The summed E-state index contributed by atoms with van der Waals surface area (Å²) in [6.45, 7) is 1.89. The molecule has 3 aromatic carbocycles. The average molecular weight is 438 g/mol. The number of imide groups is 1. The molecule has 2 heterocycles. The van der Waals surface area contributed by atoms with E-state index < -0.39 is 11.6 Å². The number of aryl methyl sites for hydroxylation is 1. The minimum Gasteiger partial charge on any atom is -0.337 e. The number of hydrogen-bond acceptors (Lipinski definition) is 5. The number of hydrogen-bond donors (Lipinski definition) is 1. The van der Waals surface area contributed by atoms with Crippen LogP contribution in [-0.2, 0) is 23.3 Å². The van der Waals surface area contributed by atoms with Crippen molar-refractivity contribution in [2.24, 2.45) is 0 Å². The zero-order valence-electron chi connectivity index (χ0n) is 18.1. The Balaban J connectivity index is 1.44. The smallest absolute Gasteiger partial charge is 0.325 e. The van der Waals surface area contributed by atoms with E-state index in [0.29, 0.717) is 12.2 Å². The summed E-state index contributed by atoms with van der Waals surface area (Å²) >= 11 is 0. The third-order valence-corrected chi connectivity index (χ3v) is 5.83. The summed E-state index contributed by atoms with van der Waals surface area (Å²) in [4.78, 5) is 32.2. The van der Waals surface area contributed by atoms with Crippen LogP contribution >= 0.6 is 0 Å². The number of rotatable bonds is 6. The van der Waals surface area contributed by atoms with E-state index in [9.17, 15) is 9.59 Å². The Kier molecular flexibility index (Phi) is 5.22. The monoisotopic (exact) mass is 438 g/mol. The van der Waals surface area contributed by atoms with E-state index in [1.54, 1.807) is 0 Å². The van der Waals surface area contributed by atoms with Gasteiger partial charge in [-0.15, -0.1) is 0 Å². The molecule has 1 aromatic heterocycles. The Morgan fingerprint density at radius 1 is 0.909 bits per heavy atom. The number of urea groups is 1. The largest absolute Gasteiger partial charge is 0.337 e. The number of nitrogens with zero attached hydrogens (tertiary/aromatic N) is 3. The summed E-state index contributed by atoms with van der Waals surface area (Å²) in [7, 11) is 0. The maximum atomic E-state index is 13.7. The van der Waals surface area contributed by atoms with Gasteiger partial charge in [-0.3, -0.25) is 9.69 Å². The summed E-state index contributed by atoms with van der Waals surface area (Å²) in [5.74, 6) is 0.256. The van der Waals surface area contributed by atoms with Gasteiger partial charge in [-0.2, -0.15) is 4.98 Å². The minimum absolute atomic E-state index is 0.104. The Morgan fingerprint density at radius 3 is 2.27 bits per heavy atom. The summed E-state index contributed by atoms with van der Waals surface area (Å²) in [6.07, 6.45) is 0.331. The highest BCUT2D eigenvalue weighted by Crippen LogP contribution is 2.33. The van der Waals surface area contributed by atoms with E-state index in [4.69, 9.17) is 4.52 Å². The summed E-state index contributed by atoms with van der Waals surface area (Å²) < 4.78 is 5.37. The zero-order valence-corrected chi connectivity index (χ0v) is 18.1. The number of benzene rings is 3. The van der Waals surface area contributed by atoms with Crippen molar-refractivity contribution in [2.75, 3.05) is 0 Å². The van der Waals surface area contributed by atoms with Crippen LogP contribution in [0.15, 0.2) is 89.5 Å². The molecule has 1 fully saturated rings. The molecule has 1 saturated heterocycles. The standard InChI is InChI=1S/C26H22N4O3/c1-18-12-14-20(15-13-18)23-27-22(33-29-23)17-30-24(31)26(28-25(30)32,21-10-6-3-7-11-21)16-19-8-4-2-5-9-19/h2-15H,16-17H2,1H3,(H,28,32)/t26-/m0/s1. The van der Waals surface area contributed by atoms with Crippen molar-refractivity contribution in [2.45, 2.75) is 25.4 Å². The first-order valence-electron chi connectivity index (χ1n) is 10.7. The van der Waals surface area contributed by atoms with Crippen LogP contribution in [0.25, 0.3) is 11.4 Å². The van der Waals surface area contributed by atoms with Gasteiger partial charge in [0.25, 0.3) is 5.91 Å². The van der Waals surface area contributed by atoms with E-state index in [-0.39, 0.29) is 18.3 Å². The molecule has 0 aliphatic carbocycles. The SMILES string of the molecule is Cc1ccc(-c2noc(CN3C(=O)N[C@@](Cc4ccccc4)(c4ccccc4)C3=O)n2)cc1. The van der Waals surface area contributed by atoms with Gasteiger partial charge >= 0.3 is 6.03 Å². The van der Waals surface area contributed by atoms with E-state index >= 15 is 0 Å². The number of carbonyl (C=O) groups excluding carboxylic acids is 2. The van der Waals surface area contributed by atoms with E-state index in [1.165, 1.54) is 0 Å². The molecule has 0 bridgehead atoms. The Labute approximate surface area is 191 Å². The molecule has 1 aliphatic heterocycles. The molecular weight excluding hydrogens is 416 g/mol. The number of amides is 3. The second-order valence-corrected chi connectivity index (χ2v) is 8.13. The summed E-state index contributed by atoms with van der Waals surface area (Å²) in [5.41, 5.74) is 2.38. The highest BCUT2D eigenvalue weighted by atomic mass is 16.5. The fourth-order valence-electron chi connectivity index (χ4n) is 4.09. The first-order chi connectivity index (χ1) is 16.0. The Bertz CT molecular complexity index is 1290. The van der Waals surface area contributed by atoms with E-state index in [1.807, 2.05) is 91.9 Å². The molecule has 7 nitrogen and oxygen atoms in total. The van der Waals surface area contributed by atoms with E-state index in [2.05, 4.69) is 15.5 Å². The first kappa shape index (κ1) is 20.6. The van der Waals surface area contributed by atoms with Crippen LogP contribution in [0.1, 0.15) is 22.6 Å². The third-order valence-electron chi connectivity index (χ3n) is 5.83. The minimum atomic E-state index is -1.21. The molecule has 1 atom stereocenters. The van der Waals surface area contributed by atoms with Gasteiger partial charge in [0, 0.05) is 12.0 Å². The van der Waals surface area contributed by atoms with Gasteiger partial charge in [-0.1, -0.05) is 95.6 Å². The molecule has 0 spiro atoms. The van der Waals surface area contributed by atoms with Gasteiger partial charge < -0.3 is 9.84 Å². The van der Waals surface area contributed by atoms with Crippen molar-refractivity contribution in [3.8, 4) is 11.4 Å². The maximum Gasteiger partial charge on any atom is 0.325 e. The van der Waals surface area contributed by atoms with Gasteiger partial charge in [-0.25, -0.2) is 4.79 Å².